The zero-order chi connectivity index (χ0) is 15.2. The molecule has 0 saturated carbocycles. The Balaban J connectivity index is 2.07. The second kappa shape index (κ2) is 6.93. The van der Waals surface area contributed by atoms with Crippen molar-refractivity contribution in [3.05, 3.63) is 52.3 Å². The average molecular weight is 322 g/mol. The minimum atomic E-state index is -0.355. The Labute approximate surface area is 131 Å². The summed E-state index contributed by atoms with van der Waals surface area (Å²) in [7, 11) is 0. The maximum Gasteiger partial charge on any atom is 0.255 e. The van der Waals surface area contributed by atoms with E-state index in [1.54, 1.807) is 24.3 Å². The summed E-state index contributed by atoms with van der Waals surface area (Å²) in [5, 5.41) is 11.4. The van der Waals surface area contributed by atoms with Gasteiger partial charge in [0.25, 0.3) is 5.91 Å². The SMILES string of the molecule is N#CCOc1ccc(NC(=O)c2cc(Cl)nc(Cl)c2)cc1. The van der Waals surface area contributed by atoms with Crippen molar-refractivity contribution in [2.75, 3.05) is 11.9 Å². The van der Waals surface area contributed by atoms with E-state index in [0.29, 0.717) is 17.0 Å². The topological polar surface area (TPSA) is 75.0 Å². The predicted octanol–water partition coefficient (Wildman–Crippen LogP) is 3.54. The second-order valence-electron chi connectivity index (χ2n) is 3.93. The molecule has 0 spiro atoms. The zero-order valence-electron chi connectivity index (χ0n) is 10.6. The number of rotatable bonds is 4. The summed E-state index contributed by atoms with van der Waals surface area (Å²) in [6.45, 7) is -0.0281. The lowest BCUT2D eigenvalue weighted by Crippen LogP contribution is -2.12. The highest BCUT2D eigenvalue weighted by atomic mass is 35.5. The van der Waals surface area contributed by atoms with E-state index >= 15 is 0 Å². The standard InChI is InChI=1S/C14H9Cl2N3O2/c15-12-7-9(8-13(16)19-12)14(20)18-10-1-3-11(4-2-10)21-6-5-17/h1-4,7-8H,6H2,(H,18,20). The fourth-order valence-corrected chi connectivity index (χ4v) is 2.01. The number of carbonyl (C=O) groups excluding carboxylic acids is 1. The van der Waals surface area contributed by atoms with E-state index in [1.165, 1.54) is 12.1 Å². The number of halogens is 2. The number of hydrogen-bond donors (Lipinski definition) is 1. The van der Waals surface area contributed by atoms with Gasteiger partial charge in [-0.2, -0.15) is 5.26 Å². The second-order valence-corrected chi connectivity index (χ2v) is 4.70. The average Bonchev–Trinajstić information content (AvgIpc) is 2.45. The smallest absolute Gasteiger partial charge is 0.255 e. The van der Waals surface area contributed by atoms with Crippen molar-refractivity contribution >= 4 is 34.8 Å². The summed E-state index contributed by atoms with van der Waals surface area (Å²) in [4.78, 5) is 15.8. The van der Waals surface area contributed by atoms with E-state index < -0.39 is 0 Å². The highest BCUT2D eigenvalue weighted by Crippen LogP contribution is 2.18. The summed E-state index contributed by atoms with van der Waals surface area (Å²) in [5.41, 5.74) is 0.887. The van der Waals surface area contributed by atoms with Crippen molar-refractivity contribution < 1.29 is 9.53 Å². The number of anilines is 1. The van der Waals surface area contributed by atoms with Crippen molar-refractivity contribution in [3.63, 3.8) is 0 Å². The first-order valence-corrected chi connectivity index (χ1v) is 6.58. The van der Waals surface area contributed by atoms with Gasteiger partial charge in [-0.3, -0.25) is 4.79 Å². The van der Waals surface area contributed by atoms with Crippen LogP contribution in [0, 0.1) is 11.3 Å². The van der Waals surface area contributed by atoms with E-state index in [-0.39, 0.29) is 22.8 Å². The number of aromatic nitrogens is 1. The van der Waals surface area contributed by atoms with Gasteiger partial charge in [0.15, 0.2) is 6.61 Å². The number of carbonyl (C=O) groups is 1. The number of hydrogen-bond acceptors (Lipinski definition) is 4. The molecule has 2 aromatic rings. The van der Waals surface area contributed by atoms with Gasteiger partial charge in [-0.25, -0.2) is 4.98 Å². The van der Waals surface area contributed by atoms with Crippen LogP contribution >= 0.6 is 23.2 Å². The molecule has 0 saturated heterocycles. The highest BCUT2D eigenvalue weighted by Gasteiger charge is 2.09. The van der Waals surface area contributed by atoms with Gasteiger partial charge >= 0.3 is 0 Å². The van der Waals surface area contributed by atoms with Crippen molar-refractivity contribution in [2.45, 2.75) is 0 Å². The van der Waals surface area contributed by atoms with Crippen LogP contribution in [0.2, 0.25) is 10.3 Å². The lowest BCUT2D eigenvalue weighted by Gasteiger charge is -2.07. The third-order valence-corrected chi connectivity index (χ3v) is 2.83. The van der Waals surface area contributed by atoms with Crippen LogP contribution in [0.1, 0.15) is 10.4 Å². The molecule has 21 heavy (non-hydrogen) atoms. The molecule has 1 aromatic heterocycles. The van der Waals surface area contributed by atoms with Crippen LogP contribution in [0.5, 0.6) is 5.75 Å². The Morgan fingerprint density at radius 1 is 1.24 bits per heavy atom. The van der Waals surface area contributed by atoms with Crippen LogP contribution in [0.25, 0.3) is 0 Å². The van der Waals surface area contributed by atoms with Gasteiger partial charge in [-0.05, 0) is 36.4 Å². The highest BCUT2D eigenvalue weighted by molar-refractivity contribution is 6.33. The number of nitrogens with zero attached hydrogens (tertiary/aromatic N) is 2. The minimum Gasteiger partial charge on any atom is -0.479 e. The summed E-state index contributed by atoms with van der Waals surface area (Å²) >= 11 is 11.5. The molecule has 0 bridgehead atoms. The number of nitriles is 1. The number of amides is 1. The van der Waals surface area contributed by atoms with E-state index in [2.05, 4.69) is 10.3 Å². The molecule has 1 amide bonds. The van der Waals surface area contributed by atoms with E-state index in [9.17, 15) is 4.79 Å². The van der Waals surface area contributed by atoms with Gasteiger partial charge in [0.2, 0.25) is 0 Å². The monoisotopic (exact) mass is 321 g/mol. The Hall–Kier alpha value is -2.29. The largest absolute Gasteiger partial charge is 0.479 e. The quantitative estimate of drug-likeness (QED) is 0.874. The fraction of sp³-hybridized carbons (Fsp3) is 0.0714. The Kier molecular flexibility index (Phi) is 4.99. The van der Waals surface area contributed by atoms with Crippen molar-refractivity contribution in [3.8, 4) is 11.8 Å². The van der Waals surface area contributed by atoms with Crippen LogP contribution < -0.4 is 10.1 Å². The van der Waals surface area contributed by atoms with Crippen LogP contribution in [0.15, 0.2) is 36.4 Å². The molecule has 7 heteroatoms. The Morgan fingerprint density at radius 3 is 2.43 bits per heavy atom. The first kappa shape index (κ1) is 15.1. The number of nitrogens with one attached hydrogen (secondary N) is 1. The van der Waals surface area contributed by atoms with Gasteiger partial charge in [0.05, 0.1) is 0 Å². The van der Waals surface area contributed by atoms with Crippen LogP contribution in [-0.2, 0) is 0 Å². The van der Waals surface area contributed by atoms with E-state index in [0.717, 1.165) is 0 Å². The van der Waals surface area contributed by atoms with E-state index in [1.807, 2.05) is 6.07 Å². The maximum atomic E-state index is 12.0. The van der Waals surface area contributed by atoms with E-state index in [4.69, 9.17) is 33.2 Å². The predicted molar refractivity (Wildman–Crippen MR) is 79.8 cm³/mol. The molecule has 5 nitrogen and oxygen atoms in total. The summed E-state index contributed by atoms with van der Waals surface area (Å²) in [6.07, 6.45) is 0. The normalized spacial score (nSPS) is 9.76. The molecule has 0 aliphatic carbocycles. The lowest BCUT2D eigenvalue weighted by atomic mass is 10.2. The molecule has 2 rings (SSSR count). The summed E-state index contributed by atoms with van der Waals surface area (Å²) in [6, 6.07) is 11.3. The molecule has 0 radical (unpaired) electrons. The Morgan fingerprint density at radius 2 is 1.86 bits per heavy atom. The summed E-state index contributed by atoms with van der Waals surface area (Å²) < 4.78 is 5.11. The van der Waals surface area contributed by atoms with Crippen LogP contribution in [0.3, 0.4) is 0 Å². The first-order chi connectivity index (χ1) is 10.1. The van der Waals surface area contributed by atoms with Crippen molar-refractivity contribution in [2.24, 2.45) is 0 Å². The van der Waals surface area contributed by atoms with Crippen molar-refractivity contribution in [1.29, 1.82) is 5.26 Å². The first-order valence-electron chi connectivity index (χ1n) is 5.83. The van der Waals surface area contributed by atoms with Gasteiger partial charge < -0.3 is 10.1 Å². The van der Waals surface area contributed by atoms with Gasteiger partial charge in [-0.1, -0.05) is 23.2 Å². The number of pyridine rings is 1. The molecule has 1 N–H and O–H groups in total. The molecular formula is C14H9Cl2N3O2. The van der Waals surface area contributed by atoms with Gasteiger partial charge in [0.1, 0.15) is 22.1 Å². The third-order valence-electron chi connectivity index (χ3n) is 2.44. The molecule has 0 aliphatic heterocycles. The zero-order valence-corrected chi connectivity index (χ0v) is 12.1. The summed E-state index contributed by atoms with van der Waals surface area (Å²) in [5.74, 6) is 0.191. The molecule has 106 valence electrons. The minimum absolute atomic E-state index is 0.0281. The Bertz CT molecular complexity index is 676. The molecule has 1 heterocycles. The fourth-order valence-electron chi connectivity index (χ4n) is 1.55. The van der Waals surface area contributed by atoms with Crippen LogP contribution in [-0.4, -0.2) is 17.5 Å². The maximum absolute atomic E-state index is 12.0. The molecule has 0 fully saturated rings. The molecule has 0 unspecified atom stereocenters. The lowest BCUT2D eigenvalue weighted by molar-refractivity contribution is 0.102. The number of ether oxygens (including phenoxy) is 1. The van der Waals surface area contributed by atoms with Gasteiger partial charge in [-0.15, -0.1) is 0 Å². The molecule has 1 aromatic carbocycles. The number of benzene rings is 1. The van der Waals surface area contributed by atoms with Crippen LogP contribution in [0.4, 0.5) is 5.69 Å². The van der Waals surface area contributed by atoms with Gasteiger partial charge in [0, 0.05) is 11.3 Å². The molecule has 0 atom stereocenters. The van der Waals surface area contributed by atoms with Crippen molar-refractivity contribution in [1.82, 2.24) is 4.98 Å². The molecular weight excluding hydrogens is 313 g/mol. The molecule has 0 aliphatic rings. The third kappa shape index (κ3) is 4.35.